The molecule has 220 valence electrons. The first-order chi connectivity index (χ1) is 20.2. The van der Waals surface area contributed by atoms with Gasteiger partial charge in [0.2, 0.25) is 5.91 Å². The lowest BCUT2D eigenvalue weighted by Crippen LogP contribution is -2.20. The summed E-state index contributed by atoms with van der Waals surface area (Å²) < 4.78 is 55.2. The molecule has 4 aromatic rings. The standard InChI is InChI=1S/C34H34F3NO4/c1-24-28(15-10-16-31(24)26-11-4-3-5-12-26)22-40-30-19-18-27(13-8-9-20-38-25(2)39)33(21-30)41-23-29-14-6-7-17-32(29)42-34(35,36)37/h3-7,10-12,14-19,21H,8-9,13,20,22-23H2,1-2H3,(H,38,39). The minimum atomic E-state index is -4.81. The molecule has 1 N–H and O–H groups in total. The molecule has 4 aromatic carbocycles. The van der Waals surface area contributed by atoms with Crippen LogP contribution in [0.15, 0.2) is 91.0 Å². The van der Waals surface area contributed by atoms with E-state index in [1.165, 1.54) is 25.1 Å². The highest BCUT2D eigenvalue weighted by atomic mass is 19.4. The van der Waals surface area contributed by atoms with Crippen LogP contribution < -0.4 is 19.5 Å². The van der Waals surface area contributed by atoms with Gasteiger partial charge in [0.15, 0.2) is 0 Å². The van der Waals surface area contributed by atoms with Gasteiger partial charge in [-0.3, -0.25) is 4.79 Å². The van der Waals surface area contributed by atoms with Gasteiger partial charge < -0.3 is 19.5 Å². The third-order valence-corrected chi connectivity index (χ3v) is 6.79. The number of hydrogen-bond donors (Lipinski definition) is 1. The largest absolute Gasteiger partial charge is 0.573 e. The predicted octanol–water partition coefficient (Wildman–Crippen LogP) is 8.18. The number of nitrogens with one attached hydrogen (secondary N) is 1. The second kappa shape index (κ2) is 14.4. The van der Waals surface area contributed by atoms with Crippen LogP contribution in [0.25, 0.3) is 11.1 Å². The molecule has 0 radical (unpaired) electrons. The van der Waals surface area contributed by atoms with Crippen molar-refractivity contribution in [1.82, 2.24) is 5.32 Å². The summed E-state index contributed by atoms with van der Waals surface area (Å²) in [5.74, 6) is 0.716. The number of benzene rings is 4. The monoisotopic (exact) mass is 577 g/mol. The third-order valence-electron chi connectivity index (χ3n) is 6.79. The highest BCUT2D eigenvalue weighted by Crippen LogP contribution is 2.32. The second-order valence-electron chi connectivity index (χ2n) is 9.90. The summed E-state index contributed by atoms with van der Waals surface area (Å²) in [4.78, 5) is 11.2. The fourth-order valence-corrected chi connectivity index (χ4v) is 4.60. The van der Waals surface area contributed by atoms with E-state index in [0.29, 0.717) is 31.1 Å². The highest BCUT2D eigenvalue weighted by molar-refractivity contribution is 5.72. The number of ether oxygens (including phenoxy) is 3. The van der Waals surface area contributed by atoms with E-state index in [0.717, 1.165) is 40.7 Å². The fraction of sp³-hybridized carbons (Fsp3) is 0.265. The van der Waals surface area contributed by atoms with E-state index < -0.39 is 6.36 Å². The van der Waals surface area contributed by atoms with Gasteiger partial charge in [0.25, 0.3) is 0 Å². The summed E-state index contributed by atoms with van der Waals surface area (Å²) in [5, 5.41) is 2.78. The van der Waals surface area contributed by atoms with Gasteiger partial charge in [-0.15, -0.1) is 13.2 Å². The quantitative estimate of drug-likeness (QED) is 0.163. The Balaban J connectivity index is 1.50. The van der Waals surface area contributed by atoms with Crippen molar-refractivity contribution in [3.05, 3.63) is 113 Å². The number of alkyl halides is 3. The van der Waals surface area contributed by atoms with Crippen molar-refractivity contribution in [1.29, 1.82) is 0 Å². The summed E-state index contributed by atoms with van der Waals surface area (Å²) in [5.41, 5.74) is 5.59. The van der Waals surface area contributed by atoms with E-state index >= 15 is 0 Å². The SMILES string of the molecule is CC(=O)NCCCCc1ccc(OCc2cccc(-c3ccccc3)c2C)cc1OCc1ccccc1OC(F)(F)F. The summed E-state index contributed by atoms with van der Waals surface area (Å²) in [7, 11) is 0. The third kappa shape index (κ3) is 9.03. The number of amides is 1. The molecule has 0 spiro atoms. The molecule has 1 amide bonds. The van der Waals surface area contributed by atoms with Crippen molar-refractivity contribution in [2.24, 2.45) is 0 Å². The van der Waals surface area contributed by atoms with Gasteiger partial charge in [-0.25, -0.2) is 0 Å². The molecule has 0 aliphatic carbocycles. The number of carbonyl (C=O) groups excluding carboxylic acids is 1. The van der Waals surface area contributed by atoms with E-state index in [2.05, 4.69) is 35.2 Å². The summed E-state index contributed by atoms with van der Waals surface area (Å²) in [6, 6.07) is 27.7. The molecule has 0 bridgehead atoms. The molecule has 0 aromatic heterocycles. The van der Waals surface area contributed by atoms with Crippen LogP contribution in [0.4, 0.5) is 13.2 Å². The van der Waals surface area contributed by atoms with Crippen LogP contribution in [0.5, 0.6) is 17.2 Å². The maximum Gasteiger partial charge on any atom is 0.573 e. The molecule has 0 unspecified atom stereocenters. The zero-order valence-corrected chi connectivity index (χ0v) is 23.7. The van der Waals surface area contributed by atoms with Crippen LogP contribution in [-0.2, 0) is 24.4 Å². The van der Waals surface area contributed by atoms with Crippen molar-refractivity contribution in [3.8, 4) is 28.4 Å². The average molecular weight is 578 g/mol. The Bertz CT molecular complexity index is 1470. The van der Waals surface area contributed by atoms with Gasteiger partial charge in [-0.1, -0.05) is 72.8 Å². The molecule has 0 saturated heterocycles. The number of para-hydroxylation sites is 1. The van der Waals surface area contributed by atoms with E-state index in [1.807, 2.05) is 42.5 Å². The minimum absolute atomic E-state index is 0.0789. The second-order valence-corrected chi connectivity index (χ2v) is 9.90. The highest BCUT2D eigenvalue weighted by Gasteiger charge is 2.32. The lowest BCUT2D eigenvalue weighted by Gasteiger charge is -2.17. The molecule has 0 fully saturated rings. The van der Waals surface area contributed by atoms with Crippen LogP contribution >= 0.6 is 0 Å². The maximum absolute atomic E-state index is 12.9. The van der Waals surface area contributed by atoms with Crippen molar-refractivity contribution in [3.63, 3.8) is 0 Å². The number of carbonyl (C=O) groups is 1. The molecule has 0 aliphatic rings. The van der Waals surface area contributed by atoms with Crippen molar-refractivity contribution >= 4 is 5.91 Å². The van der Waals surface area contributed by atoms with Gasteiger partial charge in [0.1, 0.15) is 30.5 Å². The molecule has 0 saturated carbocycles. The normalized spacial score (nSPS) is 11.2. The molecular weight excluding hydrogens is 543 g/mol. The van der Waals surface area contributed by atoms with Crippen molar-refractivity contribution in [2.75, 3.05) is 6.54 Å². The van der Waals surface area contributed by atoms with Gasteiger partial charge in [0, 0.05) is 25.1 Å². The maximum atomic E-state index is 12.9. The summed E-state index contributed by atoms with van der Waals surface area (Å²) in [6.45, 7) is 4.33. The number of rotatable bonds is 13. The number of halogens is 3. The zero-order valence-electron chi connectivity index (χ0n) is 23.7. The Kier molecular flexibility index (Phi) is 10.5. The molecule has 5 nitrogen and oxygen atoms in total. The lowest BCUT2D eigenvalue weighted by molar-refractivity contribution is -0.275. The van der Waals surface area contributed by atoms with Crippen LogP contribution in [0, 0.1) is 6.92 Å². The molecule has 4 rings (SSSR count). The van der Waals surface area contributed by atoms with Crippen LogP contribution in [0.2, 0.25) is 0 Å². The van der Waals surface area contributed by atoms with E-state index in [1.54, 1.807) is 12.1 Å². The van der Waals surface area contributed by atoms with E-state index in [9.17, 15) is 18.0 Å². The van der Waals surface area contributed by atoms with Crippen LogP contribution in [0.1, 0.15) is 42.0 Å². The van der Waals surface area contributed by atoms with Crippen LogP contribution in [-0.4, -0.2) is 18.8 Å². The average Bonchev–Trinajstić information content (AvgIpc) is 2.96. The summed E-state index contributed by atoms with van der Waals surface area (Å²) >= 11 is 0. The molecule has 0 atom stereocenters. The predicted molar refractivity (Wildman–Crippen MR) is 156 cm³/mol. The molecular formula is C34H34F3NO4. The van der Waals surface area contributed by atoms with Gasteiger partial charge in [-0.05, 0) is 66.1 Å². The molecule has 42 heavy (non-hydrogen) atoms. The zero-order chi connectivity index (χ0) is 30.0. The van der Waals surface area contributed by atoms with Gasteiger partial charge in [-0.2, -0.15) is 0 Å². The van der Waals surface area contributed by atoms with Crippen LogP contribution in [0.3, 0.4) is 0 Å². The number of aryl methyl sites for hydroxylation is 1. The van der Waals surface area contributed by atoms with Crippen molar-refractivity contribution in [2.45, 2.75) is 52.7 Å². The Labute approximate surface area is 244 Å². The van der Waals surface area contributed by atoms with E-state index in [-0.39, 0.29) is 23.8 Å². The number of hydrogen-bond acceptors (Lipinski definition) is 4. The van der Waals surface area contributed by atoms with E-state index in [4.69, 9.17) is 9.47 Å². The molecule has 8 heteroatoms. The number of unbranched alkanes of at least 4 members (excludes halogenated alkanes) is 1. The first-order valence-corrected chi connectivity index (χ1v) is 13.8. The lowest BCUT2D eigenvalue weighted by atomic mass is 9.97. The Hall–Kier alpha value is -4.46. The molecule has 0 aliphatic heterocycles. The fourth-order valence-electron chi connectivity index (χ4n) is 4.60. The minimum Gasteiger partial charge on any atom is -0.489 e. The molecule has 0 heterocycles. The summed E-state index contributed by atoms with van der Waals surface area (Å²) in [6.07, 6.45) is -2.58. The van der Waals surface area contributed by atoms with Crippen molar-refractivity contribution < 1.29 is 32.2 Å². The Morgan fingerprint density at radius 1 is 0.762 bits per heavy atom. The first-order valence-electron chi connectivity index (χ1n) is 13.8. The topological polar surface area (TPSA) is 56.8 Å². The Morgan fingerprint density at radius 3 is 2.24 bits per heavy atom. The first kappa shape index (κ1) is 30.5. The Morgan fingerprint density at radius 2 is 1.48 bits per heavy atom. The smallest absolute Gasteiger partial charge is 0.489 e. The van der Waals surface area contributed by atoms with Gasteiger partial charge in [0.05, 0.1) is 0 Å². The van der Waals surface area contributed by atoms with Gasteiger partial charge >= 0.3 is 6.36 Å².